The van der Waals surface area contributed by atoms with Crippen LogP contribution in [0.5, 0.6) is 0 Å². The number of aromatic nitrogens is 2. The van der Waals surface area contributed by atoms with Gasteiger partial charge in [-0.25, -0.2) is 9.97 Å². The Bertz CT molecular complexity index is 418. The van der Waals surface area contributed by atoms with E-state index in [4.69, 9.17) is 16.3 Å². The van der Waals surface area contributed by atoms with Gasteiger partial charge in [-0.15, -0.1) is 0 Å². The zero-order valence-electron chi connectivity index (χ0n) is 9.24. The van der Waals surface area contributed by atoms with Gasteiger partial charge in [0.1, 0.15) is 5.82 Å². The Morgan fingerprint density at radius 2 is 2.12 bits per heavy atom. The van der Waals surface area contributed by atoms with Gasteiger partial charge in [0.25, 0.3) is 0 Å². The fourth-order valence-corrected chi connectivity index (χ4v) is 2.59. The van der Waals surface area contributed by atoms with Crippen LogP contribution in [-0.4, -0.2) is 36.3 Å². The normalized spacial score (nSPS) is 19.8. The topological polar surface area (TPSA) is 38.2 Å². The first-order valence-corrected chi connectivity index (χ1v) is 5.98. The quantitative estimate of drug-likeness (QED) is 0.733. The molecule has 4 nitrogen and oxygen atoms in total. The van der Waals surface area contributed by atoms with E-state index in [-0.39, 0.29) is 0 Å². The van der Waals surface area contributed by atoms with Gasteiger partial charge >= 0.3 is 0 Å². The van der Waals surface area contributed by atoms with E-state index in [9.17, 15) is 0 Å². The Hall–Kier alpha value is -0.870. The van der Waals surface area contributed by atoms with Crippen LogP contribution in [0.2, 0.25) is 5.28 Å². The molecule has 1 fully saturated rings. The van der Waals surface area contributed by atoms with Gasteiger partial charge in [-0.2, -0.15) is 0 Å². The molecule has 0 saturated carbocycles. The van der Waals surface area contributed by atoms with E-state index >= 15 is 0 Å². The molecule has 86 valence electrons. The van der Waals surface area contributed by atoms with Crippen LogP contribution in [0.3, 0.4) is 0 Å². The molecule has 0 radical (unpaired) electrons. The van der Waals surface area contributed by atoms with Crippen LogP contribution in [0.1, 0.15) is 17.7 Å². The van der Waals surface area contributed by atoms with Crippen LogP contribution >= 0.6 is 11.6 Å². The molecule has 1 saturated heterocycles. The number of methoxy groups -OCH3 is 1. The number of ether oxygens (including phenoxy) is 1. The molecule has 2 aliphatic rings. The first kappa shape index (κ1) is 10.3. The number of halogens is 1. The summed E-state index contributed by atoms with van der Waals surface area (Å²) in [6.07, 6.45) is 3.62. The highest BCUT2D eigenvalue weighted by Crippen LogP contribution is 2.32. The van der Waals surface area contributed by atoms with Gasteiger partial charge in [-0.05, 0) is 30.9 Å². The molecule has 0 aromatic carbocycles. The predicted octanol–water partition coefficient (Wildman–Crippen LogP) is 1.45. The van der Waals surface area contributed by atoms with E-state index < -0.39 is 0 Å². The number of hydrogen-bond acceptors (Lipinski definition) is 4. The van der Waals surface area contributed by atoms with Gasteiger partial charge in [0, 0.05) is 25.8 Å². The smallest absolute Gasteiger partial charge is 0.224 e. The van der Waals surface area contributed by atoms with Crippen molar-refractivity contribution in [3.8, 4) is 0 Å². The molecule has 0 amide bonds. The first-order chi connectivity index (χ1) is 7.78. The van der Waals surface area contributed by atoms with E-state index in [1.54, 1.807) is 7.11 Å². The second-order valence-corrected chi connectivity index (χ2v) is 4.70. The van der Waals surface area contributed by atoms with Crippen LogP contribution in [-0.2, 0) is 17.6 Å². The van der Waals surface area contributed by atoms with Crippen LogP contribution in [0.15, 0.2) is 0 Å². The molecule has 0 unspecified atom stereocenters. The van der Waals surface area contributed by atoms with Gasteiger partial charge in [0.05, 0.1) is 11.8 Å². The molecule has 0 bridgehead atoms. The molecule has 1 aliphatic heterocycles. The monoisotopic (exact) mass is 239 g/mol. The van der Waals surface area contributed by atoms with E-state index in [0.717, 1.165) is 37.4 Å². The average Bonchev–Trinajstić information content (AvgIpc) is 2.63. The zero-order chi connectivity index (χ0) is 11.1. The van der Waals surface area contributed by atoms with Gasteiger partial charge in [0.15, 0.2) is 0 Å². The fraction of sp³-hybridized carbons (Fsp3) is 0.636. The number of nitrogens with zero attached hydrogens (tertiary/aromatic N) is 3. The lowest BCUT2D eigenvalue weighted by Crippen LogP contribution is -2.52. The first-order valence-electron chi connectivity index (χ1n) is 5.61. The Morgan fingerprint density at radius 3 is 2.88 bits per heavy atom. The molecular formula is C11H14ClN3O. The molecule has 16 heavy (non-hydrogen) atoms. The van der Waals surface area contributed by atoms with Gasteiger partial charge < -0.3 is 9.64 Å². The van der Waals surface area contributed by atoms with E-state index in [1.807, 2.05) is 0 Å². The van der Waals surface area contributed by atoms with Crippen molar-refractivity contribution < 1.29 is 4.74 Å². The summed E-state index contributed by atoms with van der Waals surface area (Å²) in [5.74, 6) is 1.03. The van der Waals surface area contributed by atoms with Crippen molar-refractivity contribution in [2.24, 2.45) is 0 Å². The maximum atomic E-state index is 5.94. The molecule has 0 N–H and O–H groups in total. The zero-order valence-corrected chi connectivity index (χ0v) is 10.00. The number of fused-ring (bicyclic) bond motifs is 1. The Balaban J connectivity index is 1.90. The minimum Gasteiger partial charge on any atom is -0.378 e. The predicted molar refractivity (Wildman–Crippen MR) is 62.1 cm³/mol. The van der Waals surface area contributed by atoms with E-state index in [0.29, 0.717) is 11.4 Å². The van der Waals surface area contributed by atoms with Crippen molar-refractivity contribution >= 4 is 17.4 Å². The van der Waals surface area contributed by atoms with Crippen LogP contribution in [0.4, 0.5) is 5.82 Å². The third kappa shape index (κ3) is 1.57. The molecule has 3 rings (SSSR count). The summed E-state index contributed by atoms with van der Waals surface area (Å²) in [5, 5.41) is 0.372. The lowest BCUT2D eigenvalue weighted by Gasteiger charge is -2.39. The third-order valence-electron chi connectivity index (χ3n) is 3.36. The summed E-state index contributed by atoms with van der Waals surface area (Å²) in [6.45, 7) is 1.83. The molecule has 1 aliphatic carbocycles. The summed E-state index contributed by atoms with van der Waals surface area (Å²) in [6, 6.07) is 0. The van der Waals surface area contributed by atoms with Gasteiger partial charge in [0.2, 0.25) is 5.28 Å². The van der Waals surface area contributed by atoms with E-state index in [1.165, 1.54) is 12.0 Å². The summed E-state index contributed by atoms with van der Waals surface area (Å²) >= 11 is 5.94. The maximum absolute atomic E-state index is 5.94. The minimum atomic E-state index is 0.339. The molecule has 5 heteroatoms. The van der Waals surface area contributed by atoms with Crippen molar-refractivity contribution in [1.82, 2.24) is 9.97 Å². The van der Waals surface area contributed by atoms with Crippen molar-refractivity contribution in [1.29, 1.82) is 0 Å². The molecule has 1 aromatic heterocycles. The van der Waals surface area contributed by atoms with Crippen molar-refractivity contribution in [2.45, 2.75) is 25.4 Å². The van der Waals surface area contributed by atoms with Crippen LogP contribution in [0.25, 0.3) is 0 Å². The number of anilines is 1. The third-order valence-corrected chi connectivity index (χ3v) is 3.53. The second-order valence-electron chi connectivity index (χ2n) is 4.36. The highest BCUT2D eigenvalue weighted by Gasteiger charge is 2.31. The molecule has 0 atom stereocenters. The highest BCUT2D eigenvalue weighted by atomic mass is 35.5. The highest BCUT2D eigenvalue weighted by molar-refractivity contribution is 6.28. The van der Waals surface area contributed by atoms with Gasteiger partial charge in [-0.1, -0.05) is 0 Å². The van der Waals surface area contributed by atoms with Crippen LogP contribution in [0, 0.1) is 0 Å². The number of rotatable bonds is 2. The summed E-state index contributed by atoms with van der Waals surface area (Å²) in [7, 11) is 1.75. The van der Waals surface area contributed by atoms with Crippen molar-refractivity contribution in [3.05, 3.63) is 16.5 Å². The molecule has 0 spiro atoms. The maximum Gasteiger partial charge on any atom is 0.224 e. The van der Waals surface area contributed by atoms with Crippen LogP contribution < -0.4 is 4.90 Å². The lowest BCUT2D eigenvalue weighted by atomic mass is 10.1. The Morgan fingerprint density at radius 1 is 1.31 bits per heavy atom. The Labute approximate surface area is 99.6 Å². The fourth-order valence-electron chi connectivity index (χ4n) is 2.40. The summed E-state index contributed by atoms with van der Waals surface area (Å²) in [4.78, 5) is 10.9. The number of hydrogen-bond donors (Lipinski definition) is 0. The second kappa shape index (κ2) is 3.86. The van der Waals surface area contributed by atoms with Crippen molar-refractivity contribution in [2.75, 3.05) is 25.1 Å². The van der Waals surface area contributed by atoms with Crippen molar-refractivity contribution in [3.63, 3.8) is 0 Å². The SMILES string of the molecule is COC1CN(c2nc(Cl)nc3c2CCC3)C1. The summed E-state index contributed by atoms with van der Waals surface area (Å²) < 4.78 is 5.27. The van der Waals surface area contributed by atoms with E-state index in [2.05, 4.69) is 14.9 Å². The minimum absolute atomic E-state index is 0.339. The molecule has 1 aromatic rings. The largest absolute Gasteiger partial charge is 0.378 e. The molecular weight excluding hydrogens is 226 g/mol. The lowest BCUT2D eigenvalue weighted by molar-refractivity contribution is 0.0782. The molecule has 2 heterocycles. The average molecular weight is 240 g/mol. The standard InChI is InChI=1S/C11H14ClN3O/c1-16-7-5-15(6-7)10-8-3-2-4-9(8)13-11(12)14-10/h7H,2-6H2,1H3. The Kier molecular flexibility index (Phi) is 2.48. The van der Waals surface area contributed by atoms with Gasteiger partial charge in [-0.3, -0.25) is 0 Å². The number of aryl methyl sites for hydroxylation is 1. The summed E-state index contributed by atoms with van der Waals surface area (Å²) in [5.41, 5.74) is 2.43.